The number of fused-ring (bicyclic) bond motifs is 1. The van der Waals surface area contributed by atoms with Crippen LogP contribution in [0.1, 0.15) is 17.3 Å². The Hall–Kier alpha value is -3.87. The molecule has 0 atom stereocenters. The summed E-state index contributed by atoms with van der Waals surface area (Å²) in [6, 6.07) is 18.9. The third-order valence-corrected chi connectivity index (χ3v) is 8.57. The van der Waals surface area contributed by atoms with Gasteiger partial charge in [0, 0.05) is 37.9 Å². The van der Waals surface area contributed by atoms with Crippen molar-refractivity contribution in [1.29, 1.82) is 0 Å². The molecule has 37 heavy (non-hydrogen) atoms. The SMILES string of the molecule is CCN(c1ccccc1)S(=O)(=O)c1ccc(C(=O)N=c2sc3cc([N+](=O)[O-])ccc3n2CCOC)cc1. The molecule has 0 radical (unpaired) electrons. The average molecular weight is 541 g/mol. The number of nitrogens with zero attached hydrogens (tertiary/aromatic N) is 4. The number of ether oxygens (including phenoxy) is 1. The summed E-state index contributed by atoms with van der Waals surface area (Å²) in [6.07, 6.45) is 0. The van der Waals surface area contributed by atoms with Gasteiger partial charge in [-0.2, -0.15) is 4.99 Å². The van der Waals surface area contributed by atoms with Gasteiger partial charge < -0.3 is 9.30 Å². The Morgan fingerprint density at radius 3 is 2.43 bits per heavy atom. The summed E-state index contributed by atoms with van der Waals surface area (Å²) < 4.78 is 35.3. The van der Waals surface area contributed by atoms with Gasteiger partial charge in [-0.25, -0.2) is 8.42 Å². The molecule has 3 aromatic carbocycles. The van der Waals surface area contributed by atoms with Crippen molar-refractivity contribution in [2.24, 2.45) is 4.99 Å². The Balaban J connectivity index is 1.68. The lowest BCUT2D eigenvalue weighted by Crippen LogP contribution is -2.30. The number of nitro groups is 1. The first kappa shape index (κ1) is 26.2. The number of thiazole rings is 1. The fourth-order valence-electron chi connectivity index (χ4n) is 3.79. The Labute approximate surface area is 217 Å². The zero-order chi connectivity index (χ0) is 26.6. The molecule has 0 unspecified atom stereocenters. The lowest BCUT2D eigenvalue weighted by atomic mass is 10.2. The van der Waals surface area contributed by atoms with Gasteiger partial charge in [-0.1, -0.05) is 29.5 Å². The van der Waals surface area contributed by atoms with Crippen molar-refractivity contribution in [3.05, 3.63) is 93.3 Å². The van der Waals surface area contributed by atoms with Crippen LogP contribution in [0.25, 0.3) is 10.2 Å². The Morgan fingerprint density at radius 2 is 1.81 bits per heavy atom. The third-order valence-electron chi connectivity index (χ3n) is 5.61. The normalized spacial score (nSPS) is 12.1. The van der Waals surface area contributed by atoms with Crippen LogP contribution < -0.4 is 9.11 Å². The summed E-state index contributed by atoms with van der Waals surface area (Å²) in [4.78, 5) is 28.3. The van der Waals surface area contributed by atoms with Crippen LogP contribution >= 0.6 is 11.3 Å². The Bertz CT molecular complexity index is 1610. The number of methoxy groups -OCH3 is 1. The molecule has 1 aromatic heterocycles. The molecule has 0 aliphatic rings. The van der Waals surface area contributed by atoms with E-state index in [9.17, 15) is 23.3 Å². The number of aromatic nitrogens is 1. The molecule has 0 aliphatic carbocycles. The van der Waals surface area contributed by atoms with Crippen LogP contribution in [0.5, 0.6) is 0 Å². The number of benzene rings is 3. The van der Waals surface area contributed by atoms with E-state index in [1.807, 2.05) is 6.07 Å². The van der Waals surface area contributed by atoms with Gasteiger partial charge in [0.2, 0.25) is 0 Å². The number of amides is 1. The molecule has 0 saturated heterocycles. The maximum atomic E-state index is 13.2. The van der Waals surface area contributed by atoms with Crippen LogP contribution in [0.15, 0.2) is 82.7 Å². The number of sulfonamides is 1. The molecule has 0 fully saturated rings. The summed E-state index contributed by atoms with van der Waals surface area (Å²) in [7, 11) is -2.28. The van der Waals surface area contributed by atoms with Crippen molar-refractivity contribution in [3.8, 4) is 0 Å². The Kier molecular flexibility index (Phi) is 7.81. The second kappa shape index (κ2) is 11.0. The van der Waals surface area contributed by atoms with Crippen molar-refractivity contribution in [3.63, 3.8) is 0 Å². The van der Waals surface area contributed by atoms with Gasteiger partial charge in [-0.05, 0) is 49.4 Å². The van der Waals surface area contributed by atoms with Crippen LogP contribution in [0.3, 0.4) is 0 Å². The fourth-order valence-corrected chi connectivity index (χ4v) is 6.35. The van der Waals surface area contributed by atoms with Crippen molar-refractivity contribution in [2.45, 2.75) is 18.4 Å². The molecule has 0 spiro atoms. The molecule has 0 N–H and O–H groups in total. The zero-order valence-corrected chi connectivity index (χ0v) is 21.7. The highest BCUT2D eigenvalue weighted by Gasteiger charge is 2.23. The van der Waals surface area contributed by atoms with E-state index in [1.165, 1.54) is 40.7 Å². The largest absolute Gasteiger partial charge is 0.383 e. The number of hydrogen-bond acceptors (Lipinski definition) is 7. The lowest BCUT2D eigenvalue weighted by Gasteiger charge is -2.22. The van der Waals surface area contributed by atoms with Gasteiger partial charge in [0.05, 0.1) is 32.3 Å². The molecule has 0 bridgehead atoms. The summed E-state index contributed by atoms with van der Waals surface area (Å²) >= 11 is 1.15. The number of non-ortho nitro benzene ring substituents is 1. The lowest BCUT2D eigenvalue weighted by molar-refractivity contribution is -0.384. The summed E-state index contributed by atoms with van der Waals surface area (Å²) in [5.74, 6) is -0.563. The third kappa shape index (κ3) is 5.45. The number of carbonyl (C=O) groups excluding carboxylic acids is 1. The molecule has 1 amide bonds. The first-order valence-corrected chi connectivity index (χ1v) is 13.6. The number of anilines is 1. The molecular formula is C25H24N4O6S2. The molecule has 192 valence electrons. The average Bonchev–Trinajstić information content (AvgIpc) is 3.24. The smallest absolute Gasteiger partial charge is 0.279 e. The van der Waals surface area contributed by atoms with Crippen LogP contribution in [-0.2, 0) is 21.3 Å². The molecule has 0 aliphatic heterocycles. The van der Waals surface area contributed by atoms with Gasteiger partial charge in [0.15, 0.2) is 4.80 Å². The van der Waals surface area contributed by atoms with E-state index < -0.39 is 20.9 Å². The maximum Gasteiger partial charge on any atom is 0.279 e. The van der Waals surface area contributed by atoms with E-state index in [1.54, 1.807) is 48.9 Å². The predicted molar refractivity (Wildman–Crippen MR) is 141 cm³/mol. The number of rotatable bonds is 9. The van der Waals surface area contributed by atoms with Crippen LogP contribution in [0.2, 0.25) is 0 Å². The van der Waals surface area contributed by atoms with E-state index in [-0.39, 0.29) is 22.7 Å². The van der Waals surface area contributed by atoms with Crippen molar-refractivity contribution in [2.75, 3.05) is 24.6 Å². The molecule has 12 heteroatoms. The molecule has 1 heterocycles. The van der Waals surface area contributed by atoms with Crippen molar-refractivity contribution < 1.29 is 22.9 Å². The highest BCUT2D eigenvalue weighted by atomic mass is 32.2. The topological polar surface area (TPSA) is 124 Å². The first-order valence-electron chi connectivity index (χ1n) is 11.3. The quantitative estimate of drug-likeness (QED) is 0.231. The van der Waals surface area contributed by atoms with Gasteiger partial charge in [0.1, 0.15) is 0 Å². The summed E-state index contributed by atoms with van der Waals surface area (Å²) in [5.41, 5.74) is 1.40. The number of nitro benzene ring substituents is 1. The van der Waals surface area contributed by atoms with Crippen LogP contribution in [-0.4, -0.2) is 44.1 Å². The van der Waals surface area contributed by atoms with Crippen molar-refractivity contribution >= 4 is 48.9 Å². The zero-order valence-electron chi connectivity index (χ0n) is 20.1. The summed E-state index contributed by atoms with van der Waals surface area (Å²) in [5, 5.41) is 11.2. The van der Waals surface area contributed by atoms with Crippen molar-refractivity contribution in [1.82, 2.24) is 4.57 Å². The van der Waals surface area contributed by atoms with Gasteiger partial charge in [0.25, 0.3) is 21.6 Å². The van der Waals surface area contributed by atoms with E-state index in [0.29, 0.717) is 33.9 Å². The van der Waals surface area contributed by atoms with Gasteiger partial charge in [-0.15, -0.1) is 0 Å². The van der Waals surface area contributed by atoms with Gasteiger partial charge in [-0.3, -0.25) is 19.2 Å². The van der Waals surface area contributed by atoms with E-state index in [0.717, 1.165) is 11.3 Å². The standard InChI is InChI=1S/C25H24N4O6S2/c1-3-28(19-7-5-4-6-8-19)37(33,34)21-12-9-18(10-13-21)24(30)26-25-27(15-16-35-2)22-14-11-20(29(31)32)17-23(22)36-25/h4-14,17H,3,15-16H2,1-2H3. The van der Waals surface area contributed by atoms with E-state index in [2.05, 4.69) is 4.99 Å². The minimum atomic E-state index is -3.83. The Morgan fingerprint density at radius 1 is 1.11 bits per heavy atom. The molecule has 10 nitrogen and oxygen atoms in total. The summed E-state index contributed by atoms with van der Waals surface area (Å²) in [6.45, 7) is 2.74. The number of carbonyl (C=O) groups is 1. The molecule has 0 saturated carbocycles. The first-order chi connectivity index (χ1) is 17.8. The highest BCUT2D eigenvalue weighted by molar-refractivity contribution is 7.92. The second-order valence-electron chi connectivity index (χ2n) is 7.88. The predicted octanol–water partition coefficient (Wildman–Crippen LogP) is 4.21. The van der Waals surface area contributed by atoms with Crippen LogP contribution in [0, 0.1) is 10.1 Å². The maximum absolute atomic E-state index is 13.2. The molecular weight excluding hydrogens is 516 g/mol. The van der Waals surface area contributed by atoms with Crippen LogP contribution in [0.4, 0.5) is 11.4 Å². The minimum Gasteiger partial charge on any atom is -0.383 e. The molecule has 4 rings (SSSR count). The number of para-hydroxylation sites is 1. The fraction of sp³-hybridized carbons (Fsp3) is 0.200. The second-order valence-corrected chi connectivity index (χ2v) is 10.8. The number of hydrogen-bond donors (Lipinski definition) is 0. The molecule has 4 aromatic rings. The van der Waals surface area contributed by atoms with Gasteiger partial charge >= 0.3 is 0 Å². The van der Waals surface area contributed by atoms with E-state index >= 15 is 0 Å². The minimum absolute atomic E-state index is 0.0547. The highest BCUT2D eigenvalue weighted by Crippen LogP contribution is 2.25. The van der Waals surface area contributed by atoms with E-state index in [4.69, 9.17) is 4.74 Å². The monoisotopic (exact) mass is 540 g/mol.